The van der Waals surface area contributed by atoms with Crippen molar-refractivity contribution in [3.05, 3.63) is 58.0 Å². The number of ether oxygens (including phenoxy) is 1. The minimum atomic E-state index is -0.708. The Hall–Kier alpha value is -3.53. The summed E-state index contributed by atoms with van der Waals surface area (Å²) in [6.07, 6.45) is 3.64. The molecule has 0 spiro atoms. The number of benzene rings is 1. The molecule has 1 aromatic carbocycles. The van der Waals surface area contributed by atoms with Crippen molar-refractivity contribution in [1.82, 2.24) is 9.97 Å². The molecule has 31 heavy (non-hydrogen) atoms. The number of nitrogen functional groups attached to an aromatic ring is 1. The lowest BCUT2D eigenvalue weighted by atomic mass is 10.1. The number of carbonyl (C=O) groups is 2. The van der Waals surface area contributed by atoms with Gasteiger partial charge in [0.2, 0.25) is 0 Å². The molecule has 1 aliphatic carbocycles. The largest absolute Gasteiger partial charge is 0.489 e. The van der Waals surface area contributed by atoms with Crippen LogP contribution in [0.4, 0.5) is 21.0 Å². The van der Waals surface area contributed by atoms with E-state index in [9.17, 15) is 14.0 Å². The number of halogens is 1. The fraction of sp³-hybridized carbons (Fsp3) is 0.238. The van der Waals surface area contributed by atoms with Crippen LogP contribution in [0.3, 0.4) is 0 Å². The summed E-state index contributed by atoms with van der Waals surface area (Å²) in [5.41, 5.74) is 6.74. The van der Waals surface area contributed by atoms with Crippen molar-refractivity contribution in [2.75, 3.05) is 16.4 Å². The molecule has 3 aromatic rings. The summed E-state index contributed by atoms with van der Waals surface area (Å²) in [6.45, 7) is 3.41. The zero-order valence-corrected chi connectivity index (χ0v) is 17.7. The number of aryl methyl sites for hydroxylation is 2. The Labute approximate surface area is 181 Å². The Kier molecular flexibility index (Phi) is 5.55. The van der Waals surface area contributed by atoms with Crippen molar-refractivity contribution < 1.29 is 18.7 Å². The SMILES string of the molecule is Cc1cc(F)c(C(=O)Nc2ccc(OC3CC3)c(C)n2)cc1NC(=O)c1cnc(N)s1. The van der Waals surface area contributed by atoms with Gasteiger partial charge in [-0.15, -0.1) is 0 Å². The van der Waals surface area contributed by atoms with Gasteiger partial charge in [-0.25, -0.2) is 14.4 Å². The highest BCUT2D eigenvalue weighted by atomic mass is 32.1. The van der Waals surface area contributed by atoms with Crippen molar-refractivity contribution >= 4 is 39.8 Å². The second-order valence-corrected chi connectivity index (χ2v) is 8.28. The molecule has 0 saturated heterocycles. The highest BCUT2D eigenvalue weighted by molar-refractivity contribution is 7.17. The van der Waals surface area contributed by atoms with Crippen LogP contribution in [0, 0.1) is 19.7 Å². The number of anilines is 3. The summed E-state index contributed by atoms with van der Waals surface area (Å²) in [4.78, 5) is 33.5. The lowest BCUT2D eigenvalue weighted by Crippen LogP contribution is -2.17. The van der Waals surface area contributed by atoms with Gasteiger partial charge in [0, 0.05) is 5.69 Å². The number of carbonyl (C=O) groups excluding carboxylic acids is 2. The van der Waals surface area contributed by atoms with E-state index < -0.39 is 17.6 Å². The highest BCUT2D eigenvalue weighted by Gasteiger charge is 2.24. The van der Waals surface area contributed by atoms with E-state index in [2.05, 4.69) is 20.6 Å². The van der Waals surface area contributed by atoms with Gasteiger partial charge in [-0.2, -0.15) is 0 Å². The molecular weight excluding hydrogens is 421 g/mol. The zero-order chi connectivity index (χ0) is 22.1. The summed E-state index contributed by atoms with van der Waals surface area (Å²) in [7, 11) is 0. The molecule has 1 aliphatic rings. The van der Waals surface area contributed by atoms with Gasteiger partial charge in [-0.3, -0.25) is 9.59 Å². The average molecular weight is 441 g/mol. The van der Waals surface area contributed by atoms with Crippen molar-refractivity contribution in [3.63, 3.8) is 0 Å². The number of nitrogens with zero attached hydrogens (tertiary/aromatic N) is 2. The molecule has 2 heterocycles. The Morgan fingerprint density at radius 2 is 1.97 bits per heavy atom. The van der Waals surface area contributed by atoms with Crippen LogP contribution in [0.25, 0.3) is 0 Å². The van der Waals surface area contributed by atoms with Gasteiger partial charge < -0.3 is 21.1 Å². The van der Waals surface area contributed by atoms with Crippen molar-refractivity contribution in [2.45, 2.75) is 32.8 Å². The molecule has 2 aromatic heterocycles. The Bertz CT molecular complexity index is 1180. The first-order valence-corrected chi connectivity index (χ1v) is 10.4. The van der Waals surface area contributed by atoms with E-state index in [4.69, 9.17) is 10.5 Å². The number of nitrogens with two attached hydrogens (primary N) is 1. The van der Waals surface area contributed by atoms with Crippen molar-refractivity contribution in [2.24, 2.45) is 0 Å². The van der Waals surface area contributed by atoms with Crippen LogP contribution in [0.15, 0.2) is 30.5 Å². The molecule has 0 atom stereocenters. The maximum absolute atomic E-state index is 14.5. The van der Waals surface area contributed by atoms with Gasteiger partial charge in [-0.05, 0) is 56.5 Å². The number of hydrogen-bond acceptors (Lipinski definition) is 7. The summed E-state index contributed by atoms with van der Waals surface area (Å²) < 4.78 is 20.2. The molecule has 0 aliphatic heterocycles. The average Bonchev–Trinajstić information content (AvgIpc) is 3.43. The summed E-state index contributed by atoms with van der Waals surface area (Å²) in [5.74, 6) is -0.899. The Morgan fingerprint density at radius 3 is 2.61 bits per heavy atom. The molecule has 4 rings (SSSR count). The Balaban J connectivity index is 1.51. The summed E-state index contributed by atoms with van der Waals surface area (Å²) in [5, 5.41) is 5.51. The normalized spacial score (nSPS) is 13.0. The van der Waals surface area contributed by atoms with Crippen LogP contribution in [0.5, 0.6) is 5.75 Å². The van der Waals surface area contributed by atoms with Crippen LogP contribution in [0.1, 0.15) is 44.1 Å². The second kappa shape index (κ2) is 8.31. The summed E-state index contributed by atoms with van der Waals surface area (Å²) in [6, 6.07) is 5.82. The van der Waals surface area contributed by atoms with E-state index in [1.54, 1.807) is 26.0 Å². The van der Waals surface area contributed by atoms with Crippen LogP contribution in [-0.2, 0) is 0 Å². The van der Waals surface area contributed by atoms with E-state index in [-0.39, 0.29) is 22.6 Å². The van der Waals surface area contributed by atoms with Crippen LogP contribution in [-0.4, -0.2) is 27.9 Å². The van der Waals surface area contributed by atoms with Gasteiger partial charge in [0.15, 0.2) is 5.13 Å². The first kappa shape index (κ1) is 20.7. The third kappa shape index (κ3) is 4.80. The topological polar surface area (TPSA) is 119 Å². The molecule has 0 radical (unpaired) electrons. The number of pyridine rings is 1. The number of thiazole rings is 1. The predicted molar refractivity (Wildman–Crippen MR) is 116 cm³/mol. The van der Waals surface area contributed by atoms with Crippen LogP contribution < -0.4 is 21.1 Å². The van der Waals surface area contributed by atoms with Gasteiger partial charge >= 0.3 is 0 Å². The van der Waals surface area contributed by atoms with Crippen LogP contribution in [0.2, 0.25) is 0 Å². The smallest absolute Gasteiger partial charge is 0.267 e. The molecule has 4 N–H and O–H groups in total. The Morgan fingerprint density at radius 1 is 1.19 bits per heavy atom. The van der Waals surface area contributed by atoms with Crippen LogP contribution >= 0.6 is 11.3 Å². The number of rotatable bonds is 6. The molecule has 0 unspecified atom stereocenters. The molecule has 8 nitrogen and oxygen atoms in total. The molecule has 1 saturated carbocycles. The monoisotopic (exact) mass is 441 g/mol. The predicted octanol–water partition coefficient (Wildman–Crippen LogP) is 3.92. The zero-order valence-electron chi connectivity index (χ0n) is 16.9. The van der Waals surface area contributed by atoms with E-state index in [0.717, 1.165) is 24.2 Å². The highest BCUT2D eigenvalue weighted by Crippen LogP contribution is 2.29. The first-order valence-electron chi connectivity index (χ1n) is 9.58. The third-order valence-electron chi connectivity index (χ3n) is 4.65. The van der Waals surface area contributed by atoms with E-state index in [1.807, 2.05) is 0 Å². The van der Waals surface area contributed by atoms with Crippen molar-refractivity contribution in [3.8, 4) is 5.75 Å². The lowest BCUT2D eigenvalue weighted by Gasteiger charge is -2.12. The minimum absolute atomic E-state index is 0.220. The van der Waals surface area contributed by atoms with Gasteiger partial charge in [-0.1, -0.05) is 11.3 Å². The molecule has 1 fully saturated rings. The standard InChI is InChI=1S/C21H20FN5O3S/c1-10-7-14(22)13(8-15(10)26-20(29)17-9-24-21(23)31-17)19(28)27-18-6-5-16(11(2)25-18)30-12-3-4-12/h5-9,12H,3-4H2,1-2H3,(H2,23,24)(H,26,29)(H,25,27,28). The van der Waals surface area contributed by atoms with Gasteiger partial charge in [0.1, 0.15) is 22.3 Å². The molecular formula is C21H20FN5O3S. The maximum atomic E-state index is 14.5. The van der Waals surface area contributed by atoms with E-state index in [0.29, 0.717) is 27.6 Å². The quantitative estimate of drug-likeness (QED) is 0.533. The molecule has 10 heteroatoms. The molecule has 2 amide bonds. The number of hydrogen-bond donors (Lipinski definition) is 3. The number of aromatic nitrogens is 2. The maximum Gasteiger partial charge on any atom is 0.267 e. The molecule has 0 bridgehead atoms. The fourth-order valence-electron chi connectivity index (χ4n) is 2.85. The second-order valence-electron chi connectivity index (χ2n) is 7.22. The minimum Gasteiger partial charge on any atom is -0.489 e. The van der Waals surface area contributed by atoms with Gasteiger partial charge in [0.25, 0.3) is 11.8 Å². The first-order chi connectivity index (χ1) is 14.8. The lowest BCUT2D eigenvalue weighted by molar-refractivity contribution is 0.101. The number of amides is 2. The number of nitrogens with one attached hydrogen (secondary N) is 2. The fourth-order valence-corrected chi connectivity index (χ4v) is 3.43. The summed E-state index contributed by atoms with van der Waals surface area (Å²) >= 11 is 1.03. The third-order valence-corrected chi connectivity index (χ3v) is 5.48. The van der Waals surface area contributed by atoms with E-state index in [1.165, 1.54) is 18.3 Å². The molecule has 160 valence electrons. The van der Waals surface area contributed by atoms with Gasteiger partial charge in [0.05, 0.1) is 23.6 Å². The van der Waals surface area contributed by atoms with Crippen molar-refractivity contribution in [1.29, 1.82) is 0 Å². The van der Waals surface area contributed by atoms with E-state index >= 15 is 0 Å².